The third kappa shape index (κ3) is 5.52. The fourth-order valence-electron chi connectivity index (χ4n) is 1.84. The first kappa shape index (κ1) is 15.8. The molecule has 106 valence electrons. The maximum Gasteiger partial charge on any atom is 0.224 e. The molecule has 1 amide bonds. The van der Waals surface area contributed by atoms with Crippen molar-refractivity contribution in [3.63, 3.8) is 0 Å². The van der Waals surface area contributed by atoms with Gasteiger partial charge in [-0.15, -0.1) is 11.6 Å². The number of benzene rings is 1. The van der Waals surface area contributed by atoms with Crippen molar-refractivity contribution in [3.05, 3.63) is 23.8 Å². The summed E-state index contributed by atoms with van der Waals surface area (Å²) in [6, 6.07) is 5.81. The van der Waals surface area contributed by atoms with Crippen LogP contribution < -0.4 is 10.1 Å². The zero-order chi connectivity index (χ0) is 14.3. The molecule has 1 aromatic rings. The minimum atomic E-state index is 0.0157. The molecule has 1 unspecified atom stereocenters. The Morgan fingerprint density at radius 2 is 2.16 bits per heavy atom. The normalized spacial score (nSPS) is 12.0. The lowest BCUT2D eigenvalue weighted by Gasteiger charge is -2.13. The zero-order valence-electron chi connectivity index (χ0n) is 11.8. The lowest BCUT2D eigenvalue weighted by molar-refractivity contribution is -0.116. The number of anilines is 1. The van der Waals surface area contributed by atoms with E-state index in [9.17, 15) is 4.79 Å². The predicted octanol–water partition coefficient (Wildman–Crippen LogP) is 3.99. The van der Waals surface area contributed by atoms with Crippen molar-refractivity contribution in [2.45, 2.75) is 45.4 Å². The number of amides is 1. The van der Waals surface area contributed by atoms with Crippen LogP contribution in [0.4, 0.5) is 5.69 Å². The minimum absolute atomic E-state index is 0.0157. The van der Waals surface area contributed by atoms with Gasteiger partial charge in [-0.3, -0.25) is 4.79 Å². The largest absolute Gasteiger partial charge is 0.492 e. The molecule has 4 heteroatoms. The molecule has 0 fully saturated rings. The van der Waals surface area contributed by atoms with Crippen molar-refractivity contribution < 1.29 is 9.53 Å². The Morgan fingerprint density at radius 1 is 1.42 bits per heavy atom. The Labute approximate surface area is 120 Å². The molecule has 0 saturated heterocycles. The third-order valence-electron chi connectivity index (χ3n) is 2.61. The summed E-state index contributed by atoms with van der Waals surface area (Å²) in [4.78, 5) is 11.6. The number of ether oxygens (including phenoxy) is 1. The van der Waals surface area contributed by atoms with E-state index < -0.39 is 0 Å². The Hall–Kier alpha value is -1.22. The molecule has 0 aliphatic heterocycles. The molecule has 0 bridgehead atoms. The molecular formula is C15H22ClNO2. The lowest BCUT2D eigenvalue weighted by Crippen LogP contribution is -2.12. The molecule has 19 heavy (non-hydrogen) atoms. The van der Waals surface area contributed by atoms with E-state index in [2.05, 4.69) is 5.32 Å². The first-order valence-electron chi connectivity index (χ1n) is 6.76. The van der Waals surface area contributed by atoms with Gasteiger partial charge in [-0.25, -0.2) is 0 Å². The van der Waals surface area contributed by atoms with Crippen molar-refractivity contribution in [2.24, 2.45) is 0 Å². The van der Waals surface area contributed by atoms with Crippen molar-refractivity contribution in [1.29, 1.82) is 0 Å². The van der Waals surface area contributed by atoms with Gasteiger partial charge in [0.25, 0.3) is 0 Å². The third-order valence-corrected chi connectivity index (χ3v) is 2.77. The van der Waals surface area contributed by atoms with Crippen LogP contribution in [0.1, 0.15) is 39.2 Å². The van der Waals surface area contributed by atoms with Gasteiger partial charge in [0.2, 0.25) is 5.91 Å². The van der Waals surface area contributed by atoms with Crippen LogP contribution in [0.15, 0.2) is 18.2 Å². The maximum atomic E-state index is 11.6. The second-order valence-electron chi connectivity index (χ2n) is 4.55. The van der Waals surface area contributed by atoms with Crippen LogP contribution in [-0.2, 0) is 11.2 Å². The van der Waals surface area contributed by atoms with Crippen molar-refractivity contribution in [3.8, 4) is 5.75 Å². The highest BCUT2D eigenvalue weighted by Gasteiger charge is 2.09. The number of hydrogen-bond donors (Lipinski definition) is 1. The monoisotopic (exact) mass is 283 g/mol. The van der Waals surface area contributed by atoms with Gasteiger partial charge in [0.05, 0.1) is 12.3 Å². The summed E-state index contributed by atoms with van der Waals surface area (Å²) >= 11 is 6.00. The average Bonchev–Trinajstić information content (AvgIpc) is 2.32. The van der Waals surface area contributed by atoms with Crippen LogP contribution in [0.5, 0.6) is 5.75 Å². The number of carbonyl (C=O) groups excluding carboxylic acids is 1. The molecule has 1 rings (SSSR count). The number of hydrogen-bond acceptors (Lipinski definition) is 2. The molecule has 1 aromatic carbocycles. The highest BCUT2D eigenvalue weighted by atomic mass is 35.5. The first-order chi connectivity index (χ1) is 9.06. The number of carbonyl (C=O) groups is 1. The van der Waals surface area contributed by atoms with E-state index >= 15 is 0 Å². The summed E-state index contributed by atoms with van der Waals surface area (Å²) < 4.78 is 5.58. The van der Waals surface area contributed by atoms with Crippen LogP contribution in [0.3, 0.4) is 0 Å². The lowest BCUT2D eigenvalue weighted by atomic mass is 10.1. The average molecular weight is 284 g/mol. The van der Waals surface area contributed by atoms with Gasteiger partial charge >= 0.3 is 0 Å². The van der Waals surface area contributed by atoms with Crippen molar-refractivity contribution in [2.75, 3.05) is 11.9 Å². The molecule has 0 aromatic heterocycles. The summed E-state index contributed by atoms with van der Waals surface area (Å²) in [6.45, 7) is 6.43. The SMILES string of the molecule is CCCC(=O)Nc1ccc(CC(C)Cl)cc1OCC. The van der Waals surface area contributed by atoms with E-state index in [-0.39, 0.29) is 11.3 Å². The number of halogens is 1. The van der Waals surface area contributed by atoms with E-state index in [0.717, 1.165) is 24.1 Å². The second kappa shape index (κ2) is 8.05. The Balaban J connectivity index is 2.87. The number of nitrogens with one attached hydrogen (secondary N) is 1. The molecule has 0 radical (unpaired) electrons. The highest BCUT2D eigenvalue weighted by Crippen LogP contribution is 2.27. The van der Waals surface area contributed by atoms with Crippen LogP contribution in [0.2, 0.25) is 0 Å². The van der Waals surface area contributed by atoms with Gasteiger partial charge in [0.1, 0.15) is 5.75 Å². The topological polar surface area (TPSA) is 38.3 Å². The Bertz CT molecular complexity index is 419. The quantitative estimate of drug-likeness (QED) is 0.768. The van der Waals surface area contributed by atoms with Crippen molar-refractivity contribution in [1.82, 2.24) is 0 Å². The Morgan fingerprint density at radius 3 is 2.74 bits per heavy atom. The van der Waals surface area contributed by atoms with E-state index in [1.165, 1.54) is 0 Å². The van der Waals surface area contributed by atoms with Gasteiger partial charge < -0.3 is 10.1 Å². The zero-order valence-corrected chi connectivity index (χ0v) is 12.6. The van der Waals surface area contributed by atoms with E-state index in [1.807, 2.05) is 39.0 Å². The molecule has 3 nitrogen and oxygen atoms in total. The van der Waals surface area contributed by atoms with E-state index in [1.54, 1.807) is 0 Å². The van der Waals surface area contributed by atoms with Gasteiger partial charge in [-0.1, -0.05) is 13.0 Å². The molecule has 0 spiro atoms. The fourth-order valence-corrected chi connectivity index (χ4v) is 2.01. The van der Waals surface area contributed by atoms with Gasteiger partial charge in [-0.05, 0) is 44.4 Å². The minimum Gasteiger partial charge on any atom is -0.492 e. The molecule has 0 saturated carbocycles. The molecule has 1 atom stereocenters. The summed E-state index contributed by atoms with van der Waals surface area (Å²) in [5.74, 6) is 0.726. The maximum absolute atomic E-state index is 11.6. The summed E-state index contributed by atoms with van der Waals surface area (Å²) in [7, 11) is 0. The van der Waals surface area contributed by atoms with E-state index in [0.29, 0.717) is 18.8 Å². The summed E-state index contributed by atoms with van der Waals surface area (Å²) in [6.07, 6.45) is 2.13. The van der Waals surface area contributed by atoms with Gasteiger partial charge in [0.15, 0.2) is 0 Å². The molecule has 0 aliphatic rings. The van der Waals surface area contributed by atoms with Crippen molar-refractivity contribution >= 4 is 23.2 Å². The standard InChI is InChI=1S/C15H22ClNO2/c1-4-6-15(18)17-13-8-7-12(9-11(3)16)10-14(13)19-5-2/h7-8,10-11H,4-6,9H2,1-3H3,(H,17,18). The van der Waals surface area contributed by atoms with Crippen LogP contribution >= 0.6 is 11.6 Å². The van der Waals surface area contributed by atoms with Crippen LogP contribution in [-0.4, -0.2) is 17.9 Å². The van der Waals surface area contributed by atoms with E-state index in [4.69, 9.17) is 16.3 Å². The Kier molecular flexibility index (Phi) is 6.71. The number of alkyl halides is 1. The highest BCUT2D eigenvalue weighted by molar-refractivity contribution is 6.20. The number of rotatable bonds is 7. The molecule has 0 heterocycles. The molecule has 1 N–H and O–H groups in total. The molecule has 0 aliphatic carbocycles. The first-order valence-corrected chi connectivity index (χ1v) is 7.20. The van der Waals surface area contributed by atoms with Crippen LogP contribution in [0, 0.1) is 0 Å². The summed E-state index contributed by atoms with van der Waals surface area (Å²) in [5.41, 5.74) is 1.84. The van der Waals surface area contributed by atoms with Crippen LogP contribution in [0.25, 0.3) is 0 Å². The smallest absolute Gasteiger partial charge is 0.224 e. The van der Waals surface area contributed by atoms with Gasteiger partial charge in [-0.2, -0.15) is 0 Å². The summed E-state index contributed by atoms with van der Waals surface area (Å²) in [5, 5.41) is 2.96. The second-order valence-corrected chi connectivity index (χ2v) is 5.29. The predicted molar refractivity (Wildman–Crippen MR) is 80.2 cm³/mol. The fraction of sp³-hybridized carbons (Fsp3) is 0.533. The van der Waals surface area contributed by atoms with Gasteiger partial charge in [0, 0.05) is 11.8 Å². The molecular weight excluding hydrogens is 262 g/mol.